The zero-order valence-corrected chi connectivity index (χ0v) is 22.5. The minimum Gasteiger partial charge on any atom is -0.336 e. The number of carbonyl (C=O) groups excluding carboxylic acids is 2. The van der Waals surface area contributed by atoms with Gasteiger partial charge in [-0.25, -0.2) is 9.98 Å². The van der Waals surface area contributed by atoms with Gasteiger partial charge in [0.1, 0.15) is 17.1 Å². The first kappa shape index (κ1) is 24.8. The molecule has 196 valence electrons. The van der Waals surface area contributed by atoms with Gasteiger partial charge in [0.25, 0.3) is 0 Å². The molecule has 4 aromatic heterocycles. The molecule has 1 unspecified atom stereocenters. The van der Waals surface area contributed by atoms with Crippen LogP contribution in [0.1, 0.15) is 54.7 Å². The van der Waals surface area contributed by atoms with Gasteiger partial charge in [0.15, 0.2) is 11.6 Å². The summed E-state index contributed by atoms with van der Waals surface area (Å²) in [7, 11) is 0. The Balaban J connectivity index is 1.31. The number of rotatable bonds is 7. The average Bonchev–Trinajstić information content (AvgIpc) is 3.67. The molecule has 0 radical (unpaired) electrons. The third-order valence-electron chi connectivity index (χ3n) is 6.90. The number of nitrogens with zero attached hydrogens (tertiary/aromatic N) is 5. The Morgan fingerprint density at radius 3 is 2.77 bits per heavy atom. The lowest BCUT2D eigenvalue weighted by molar-refractivity contribution is -0.116. The fourth-order valence-corrected chi connectivity index (χ4v) is 5.88. The van der Waals surface area contributed by atoms with Crippen LogP contribution in [0, 0.1) is 11.8 Å². The maximum absolute atomic E-state index is 12.1. The van der Waals surface area contributed by atoms with Crippen LogP contribution < -0.4 is 10.7 Å². The number of anilines is 1. The van der Waals surface area contributed by atoms with E-state index in [4.69, 9.17) is 4.98 Å². The van der Waals surface area contributed by atoms with Gasteiger partial charge in [-0.3, -0.25) is 25.0 Å². The van der Waals surface area contributed by atoms with Crippen LogP contribution in [-0.4, -0.2) is 43.2 Å². The van der Waals surface area contributed by atoms with Crippen LogP contribution in [-0.2, 0) is 4.79 Å². The van der Waals surface area contributed by atoms with Crippen molar-refractivity contribution in [3.8, 4) is 10.4 Å². The first-order valence-electron chi connectivity index (χ1n) is 12.7. The molecule has 0 fully saturated rings. The first-order valence-corrected chi connectivity index (χ1v) is 13.6. The van der Waals surface area contributed by atoms with Crippen molar-refractivity contribution < 1.29 is 9.59 Å². The number of fused-ring (bicyclic) bond motifs is 2. The van der Waals surface area contributed by atoms with E-state index in [9.17, 15) is 9.59 Å². The number of hydrazone groups is 1. The van der Waals surface area contributed by atoms with Crippen LogP contribution in [0.25, 0.3) is 27.0 Å². The number of aromatic amines is 1. The van der Waals surface area contributed by atoms with Crippen LogP contribution in [0.15, 0.2) is 59.3 Å². The maximum atomic E-state index is 12.1. The van der Waals surface area contributed by atoms with E-state index in [0.29, 0.717) is 22.8 Å². The van der Waals surface area contributed by atoms with Crippen molar-refractivity contribution in [2.75, 3.05) is 5.32 Å². The SMILES string of the molecule is CCCC(=O)Nc1cncc(C2=CN=C3NN=C(c4nc5c(-c6ccc(C(C)=O)s6)cncc5[nH]4)C3[C@H]2C)c1. The zero-order chi connectivity index (χ0) is 27.1. The molecular weight excluding hydrogens is 512 g/mol. The summed E-state index contributed by atoms with van der Waals surface area (Å²) in [4.78, 5) is 47.3. The predicted molar refractivity (Wildman–Crippen MR) is 153 cm³/mol. The standard InChI is InChI=1S/C28H26N8O2S/c1-4-5-23(38)32-17-8-16(9-29-10-17)18-12-31-27-24(14(18)2)26(35-36-27)28-33-20-13-30-11-19(25(20)34-28)22-7-6-21(39-22)15(3)37/h6-14,24H,4-5H2,1-3H3,(H,31,36)(H,32,38)(H,33,34)/t14-,24?/m0/s1. The summed E-state index contributed by atoms with van der Waals surface area (Å²) < 4.78 is 0. The minimum absolute atomic E-state index is 0.0101. The number of H-pyrrole nitrogens is 1. The number of allylic oxidation sites excluding steroid dienone is 1. The summed E-state index contributed by atoms with van der Waals surface area (Å²) in [6.45, 7) is 5.66. The quantitative estimate of drug-likeness (QED) is 0.282. The molecule has 6 heterocycles. The summed E-state index contributed by atoms with van der Waals surface area (Å²) in [5.74, 6) is 1.26. The number of amides is 1. The highest BCUT2D eigenvalue weighted by atomic mass is 32.1. The van der Waals surface area contributed by atoms with Crippen molar-refractivity contribution in [3.05, 3.63) is 65.5 Å². The molecular formula is C28H26N8O2S. The second-order valence-electron chi connectivity index (χ2n) is 9.62. The highest BCUT2D eigenvalue weighted by Gasteiger charge is 2.39. The van der Waals surface area contributed by atoms with Gasteiger partial charge in [0, 0.05) is 35.5 Å². The number of aliphatic imine (C=N–C) groups is 1. The number of carbonyl (C=O) groups is 2. The summed E-state index contributed by atoms with van der Waals surface area (Å²) >= 11 is 1.43. The largest absolute Gasteiger partial charge is 0.336 e. The molecule has 0 aliphatic carbocycles. The van der Waals surface area contributed by atoms with Gasteiger partial charge in [0.2, 0.25) is 5.91 Å². The Bertz CT molecular complexity index is 1710. The van der Waals surface area contributed by atoms with E-state index in [1.807, 2.05) is 31.3 Å². The topological polar surface area (TPSA) is 137 Å². The third-order valence-corrected chi connectivity index (χ3v) is 8.12. The molecule has 0 saturated heterocycles. The van der Waals surface area contributed by atoms with Crippen molar-refractivity contribution >= 4 is 56.9 Å². The predicted octanol–water partition coefficient (Wildman–Crippen LogP) is 5.04. The summed E-state index contributed by atoms with van der Waals surface area (Å²) in [5, 5.41) is 7.53. The summed E-state index contributed by atoms with van der Waals surface area (Å²) in [6, 6.07) is 5.69. The smallest absolute Gasteiger partial charge is 0.224 e. The summed E-state index contributed by atoms with van der Waals surface area (Å²) in [6.07, 6.45) is 10.0. The third kappa shape index (κ3) is 4.54. The van der Waals surface area contributed by atoms with Crippen LogP contribution in [0.5, 0.6) is 0 Å². The number of hydrogen-bond acceptors (Lipinski definition) is 9. The first-order chi connectivity index (χ1) is 18.9. The van der Waals surface area contributed by atoms with Gasteiger partial charge in [-0.2, -0.15) is 5.10 Å². The molecule has 0 saturated carbocycles. The summed E-state index contributed by atoms with van der Waals surface area (Å²) in [5.41, 5.74) is 8.79. The van der Waals surface area contributed by atoms with Crippen LogP contribution in [0.4, 0.5) is 5.69 Å². The van der Waals surface area contributed by atoms with Gasteiger partial charge in [0.05, 0.1) is 34.4 Å². The van der Waals surface area contributed by atoms with Crippen molar-refractivity contribution in [1.82, 2.24) is 25.4 Å². The monoisotopic (exact) mass is 538 g/mol. The Labute approximate surface area is 228 Å². The minimum atomic E-state index is -0.147. The van der Waals surface area contributed by atoms with Crippen LogP contribution >= 0.6 is 11.3 Å². The van der Waals surface area contributed by atoms with E-state index in [0.717, 1.165) is 50.6 Å². The number of ketones is 1. The maximum Gasteiger partial charge on any atom is 0.224 e. The lowest BCUT2D eigenvalue weighted by Gasteiger charge is -2.26. The Hall–Kier alpha value is -4.51. The normalized spacial score (nSPS) is 18.2. The molecule has 1 amide bonds. The average molecular weight is 539 g/mol. The number of Topliss-reactive ketones (excluding diaryl/α,β-unsaturated/α-hetero) is 1. The van der Waals surface area contributed by atoms with E-state index < -0.39 is 0 Å². The van der Waals surface area contributed by atoms with Crippen molar-refractivity contribution in [3.63, 3.8) is 0 Å². The number of nitrogens with one attached hydrogen (secondary N) is 3. The number of thiophene rings is 1. The molecule has 10 nitrogen and oxygen atoms in total. The highest BCUT2D eigenvalue weighted by molar-refractivity contribution is 7.17. The van der Waals surface area contributed by atoms with Gasteiger partial charge < -0.3 is 10.3 Å². The number of imidazole rings is 1. The van der Waals surface area contributed by atoms with Crippen molar-refractivity contribution in [2.24, 2.45) is 21.9 Å². The van der Waals surface area contributed by atoms with E-state index in [-0.39, 0.29) is 23.5 Å². The molecule has 11 heteroatoms. The van der Waals surface area contributed by atoms with Gasteiger partial charge >= 0.3 is 0 Å². The Kier molecular flexibility index (Phi) is 6.35. The van der Waals surface area contributed by atoms with Crippen molar-refractivity contribution in [1.29, 1.82) is 0 Å². The lowest BCUT2D eigenvalue weighted by atomic mass is 9.80. The molecule has 3 N–H and O–H groups in total. The molecule has 2 atom stereocenters. The number of amidine groups is 1. The second kappa shape index (κ2) is 9.99. The Morgan fingerprint density at radius 2 is 1.97 bits per heavy atom. The molecule has 2 aliphatic heterocycles. The van der Waals surface area contributed by atoms with E-state index in [1.54, 1.807) is 31.7 Å². The highest BCUT2D eigenvalue weighted by Crippen LogP contribution is 2.38. The fraction of sp³-hybridized carbons (Fsp3) is 0.250. The molecule has 4 aromatic rings. The van der Waals surface area contributed by atoms with E-state index in [1.165, 1.54) is 11.3 Å². The zero-order valence-electron chi connectivity index (χ0n) is 21.6. The lowest BCUT2D eigenvalue weighted by Crippen LogP contribution is -2.33. The molecule has 39 heavy (non-hydrogen) atoms. The number of hydrogen-bond donors (Lipinski definition) is 3. The van der Waals surface area contributed by atoms with E-state index in [2.05, 4.69) is 42.7 Å². The van der Waals surface area contributed by atoms with E-state index >= 15 is 0 Å². The van der Waals surface area contributed by atoms with Gasteiger partial charge in [-0.1, -0.05) is 13.8 Å². The number of pyridine rings is 2. The molecule has 2 aliphatic rings. The van der Waals surface area contributed by atoms with Gasteiger partial charge in [-0.05, 0) is 48.6 Å². The molecule has 0 spiro atoms. The van der Waals surface area contributed by atoms with Gasteiger partial charge in [-0.15, -0.1) is 11.3 Å². The molecule has 0 bridgehead atoms. The van der Waals surface area contributed by atoms with Crippen molar-refractivity contribution in [2.45, 2.75) is 33.6 Å². The molecule has 6 rings (SSSR count). The second-order valence-corrected chi connectivity index (χ2v) is 10.7. The number of aromatic nitrogens is 4. The van der Waals surface area contributed by atoms with Crippen LogP contribution in [0.2, 0.25) is 0 Å². The van der Waals surface area contributed by atoms with Crippen LogP contribution in [0.3, 0.4) is 0 Å². The fourth-order valence-electron chi connectivity index (χ4n) is 4.97. The molecule has 0 aromatic carbocycles. The Morgan fingerprint density at radius 1 is 1.13 bits per heavy atom.